The number of para-hydroxylation sites is 2. The van der Waals surface area contributed by atoms with Gasteiger partial charge in [0, 0.05) is 0 Å². The Morgan fingerprint density at radius 3 is 2.47 bits per heavy atom. The van der Waals surface area contributed by atoms with Crippen molar-refractivity contribution in [1.82, 2.24) is 5.32 Å². The third kappa shape index (κ3) is 5.97. The highest BCUT2D eigenvalue weighted by atomic mass is 16.5. The molecule has 0 saturated carbocycles. The second kappa shape index (κ2) is 9.68. The van der Waals surface area contributed by atoms with E-state index in [4.69, 9.17) is 9.47 Å². The molecular formula is C16H27NO2. The van der Waals surface area contributed by atoms with E-state index in [0.717, 1.165) is 37.6 Å². The van der Waals surface area contributed by atoms with Crippen molar-refractivity contribution in [2.45, 2.75) is 33.1 Å². The van der Waals surface area contributed by atoms with Crippen LogP contribution < -0.4 is 14.8 Å². The monoisotopic (exact) mass is 265 g/mol. The molecule has 0 saturated heterocycles. The minimum Gasteiger partial charge on any atom is -0.493 e. The average molecular weight is 265 g/mol. The lowest BCUT2D eigenvalue weighted by molar-refractivity contribution is 0.256. The van der Waals surface area contributed by atoms with Crippen molar-refractivity contribution < 1.29 is 9.47 Å². The Kier molecular flexibility index (Phi) is 8.07. The van der Waals surface area contributed by atoms with Crippen LogP contribution in [0.1, 0.15) is 33.1 Å². The molecule has 19 heavy (non-hydrogen) atoms. The smallest absolute Gasteiger partial charge is 0.161 e. The number of nitrogens with one attached hydrogen (secondary N) is 1. The van der Waals surface area contributed by atoms with Gasteiger partial charge in [0.25, 0.3) is 0 Å². The second-order valence-electron chi connectivity index (χ2n) is 4.75. The van der Waals surface area contributed by atoms with Crippen molar-refractivity contribution in [1.29, 1.82) is 0 Å². The fourth-order valence-corrected chi connectivity index (χ4v) is 2.18. The van der Waals surface area contributed by atoms with E-state index in [1.807, 2.05) is 24.3 Å². The molecule has 0 aromatic heterocycles. The van der Waals surface area contributed by atoms with Crippen LogP contribution in [0.2, 0.25) is 0 Å². The normalized spacial score (nSPS) is 12.2. The molecule has 1 rings (SSSR count). The first-order valence-corrected chi connectivity index (χ1v) is 7.28. The van der Waals surface area contributed by atoms with E-state index >= 15 is 0 Å². The Morgan fingerprint density at radius 2 is 1.84 bits per heavy atom. The largest absolute Gasteiger partial charge is 0.493 e. The van der Waals surface area contributed by atoms with Gasteiger partial charge in [-0.15, -0.1) is 0 Å². The summed E-state index contributed by atoms with van der Waals surface area (Å²) in [6, 6.07) is 7.81. The Labute approximate surface area is 117 Å². The highest BCUT2D eigenvalue weighted by molar-refractivity contribution is 5.39. The Hall–Kier alpha value is -1.22. The van der Waals surface area contributed by atoms with E-state index in [2.05, 4.69) is 19.2 Å². The van der Waals surface area contributed by atoms with Crippen molar-refractivity contribution in [2.24, 2.45) is 5.92 Å². The van der Waals surface area contributed by atoms with Crippen LogP contribution >= 0.6 is 0 Å². The molecule has 0 spiro atoms. The average Bonchev–Trinajstić information content (AvgIpc) is 2.45. The van der Waals surface area contributed by atoms with Crippen LogP contribution in [0.4, 0.5) is 0 Å². The predicted octanol–water partition coefficient (Wildman–Crippen LogP) is 3.49. The lowest BCUT2D eigenvalue weighted by Crippen LogP contribution is -2.24. The van der Waals surface area contributed by atoms with Crippen molar-refractivity contribution in [3.8, 4) is 11.5 Å². The molecule has 0 amide bonds. The highest BCUT2D eigenvalue weighted by Gasteiger charge is 2.08. The SMILES string of the molecule is CCCC(CCOc1ccccc1OC)CNCC. The maximum absolute atomic E-state index is 5.83. The summed E-state index contributed by atoms with van der Waals surface area (Å²) in [7, 11) is 1.67. The number of benzene rings is 1. The van der Waals surface area contributed by atoms with Gasteiger partial charge in [0.1, 0.15) is 0 Å². The second-order valence-corrected chi connectivity index (χ2v) is 4.75. The van der Waals surface area contributed by atoms with E-state index in [1.165, 1.54) is 12.8 Å². The van der Waals surface area contributed by atoms with Gasteiger partial charge in [-0.2, -0.15) is 0 Å². The molecule has 1 aromatic carbocycles. The predicted molar refractivity (Wildman–Crippen MR) is 80.0 cm³/mol. The Bertz CT molecular complexity index is 341. The van der Waals surface area contributed by atoms with Gasteiger partial charge < -0.3 is 14.8 Å². The van der Waals surface area contributed by atoms with Gasteiger partial charge in [0.2, 0.25) is 0 Å². The highest BCUT2D eigenvalue weighted by Crippen LogP contribution is 2.26. The number of hydrogen-bond donors (Lipinski definition) is 1. The summed E-state index contributed by atoms with van der Waals surface area (Å²) in [5.74, 6) is 2.34. The molecule has 1 atom stereocenters. The van der Waals surface area contributed by atoms with Crippen LogP contribution in [0.15, 0.2) is 24.3 Å². The zero-order chi connectivity index (χ0) is 13.9. The molecule has 1 aromatic rings. The van der Waals surface area contributed by atoms with Gasteiger partial charge >= 0.3 is 0 Å². The summed E-state index contributed by atoms with van der Waals surface area (Å²) in [4.78, 5) is 0. The van der Waals surface area contributed by atoms with Crippen LogP contribution in [-0.4, -0.2) is 26.8 Å². The molecule has 0 aliphatic heterocycles. The summed E-state index contributed by atoms with van der Waals surface area (Å²) in [5.41, 5.74) is 0. The summed E-state index contributed by atoms with van der Waals surface area (Å²) in [6.45, 7) is 7.25. The van der Waals surface area contributed by atoms with Gasteiger partial charge in [-0.1, -0.05) is 32.4 Å². The summed E-state index contributed by atoms with van der Waals surface area (Å²) >= 11 is 0. The number of hydrogen-bond acceptors (Lipinski definition) is 3. The third-order valence-electron chi connectivity index (χ3n) is 3.23. The molecule has 0 radical (unpaired) electrons. The van der Waals surface area contributed by atoms with Crippen LogP contribution in [0.3, 0.4) is 0 Å². The first-order valence-electron chi connectivity index (χ1n) is 7.28. The van der Waals surface area contributed by atoms with E-state index in [9.17, 15) is 0 Å². The first kappa shape index (κ1) is 15.8. The molecule has 3 heteroatoms. The topological polar surface area (TPSA) is 30.5 Å². The zero-order valence-corrected chi connectivity index (χ0v) is 12.4. The molecule has 0 aliphatic rings. The Balaban J connectivity index is 2.38. The van der Waals surface area contributed by atoms with Crippen LogP contribution in [0.5, 0.6) is 11.5 Å². The minimum absolute atomic E-state index is 0.694. The van der Waals surface area contributed by atoms with E-state index < -0.39 is 0 Å². The van der Waals surface area contributed by atoms with Gasteiger partial charge in [0.05, 0.1) is 13.7 Å². The van der Waals surface area contributed by atoms with E-state index in [-0.39, 0.29) is 0 Å². The van der Waals surface area contributed by atoms with Gasteiger partial charge in [0.15, 0.2) is 11.5 Å². The van der Waals surface area contributed by atoms with Crippen molar-refractivity contribution in [3.05, 3.63) is 24.3 Å². The van der Waals surface area contributed by atoms with Gasteiger partial charge in [-0.05, 0) is 44.0 Å². The molecule has 0 heterocycles. The van der Waals surface area contributed by atoms with Crippen LogP contribution in [0.25, 0.3) is 0 Å². The molecule has 1 unspecified atom stereocenters. The third-order valence-corrected chi connectivity index (χ3v) is 3.23. The van der Waals surface area contributed by atoms with Gasteiger partial charge in [-0.25, -0.2) is 0 Å². The number of methoxy groups -OCH3 is 1. The fraction of sp³-hybridized carbons (Fsp3) is 0.625. The molecule has 108 valence electrons. The van der Waals surface area contributed by atoms with E-state index in [0.29, 0.717) is 5.92 Å². The van der Waals surface area contributed by atoms with Crippen molar-refractivity contribution >= 4 is 0 Å². The first-order chi connectivity index (χ1) is 9.31. The molecule has 0 fully saturated rings. The number of ether oxygens (including phenoxy) is 2. The van der Waals surface area contributed by atoms with Crippen LogP contribution in [-0.2, 0) is 0 Å². The molecular weight excluding hydrogens is 238 g/mol. The molecule has 0 aliphatic carbocycles. The zero-order valence-electron chi connectivity index (χ0n) is 12.4. The molecule has 0 bridgehead atoms. The quantitative estimate of drug-likeness (QED) is 0.702. The van der Waals surface area contributed by atoms with Crippen molar-refractivity contribution in [2.75, 3.05) is 26.8 Å². The summed E-state index contributed by atoms with van der Waals surface area (Å²) < 4.78 is 11.1. The lowest BCUT2D eigenvalue weighted by atomic mass is 10.0. The van der Waals surface area contributed by atoms with Gasteiger partial charge in [-0.3, -0.25) is 0 Å². The van der Waals surface area contributed by atoms with Crippen LogP contribution in [0, 0.1) is 5.92 Å². The minimum atomic E-state index is 0.694. The summed E-state index contributed by atoms with van der Waals surface area (Å²) in [6.07, 6.45) is 3.56. The fourth-order valence-electron chi connectivity index (χ4n) is 2.18. The maximum atomic E-state index is 5.83. The lowest BCUT2D eigenvalue weighted by Gasteiger charge is -2.17. The van der Waals surface area contributed by atoms with Crippen molar-refractivity contribution in [3.63, 3.8) is 0 Å². The van der Waals surface area contributed by atoms with E-state index in [1.54, 1.807) is 7.11 Å². The molecule has 1 N–H and O–H groups in total. The standard InChI is InChI=1S/C16H27NO2/c1-4-8-14(13-17-5-2)11-12-19-16-10-7-6-9-15(16)18-3/h6-7,9-10,14,17H,4-5,8,11-13H2,1-3H3. The summed E-state index contributed by atoms with van der Waals surface area (Å²) in [5, 5.41) is 3.42. The maximum Gasteiger partial charge on any atom is 0.161 e. The molecule has 3 nitrogen and oxygen atoms in total. The Morgan fingerprint density at radius 1 is 1.11 bits per heavy atom. The number of rotatable bonds is 10.